The van der Waals surface area contributed by atoms with Crippen LogP contribution in [0.1, 0.15) is 10.4 Å². The van der Waals surface area contributed by atoms with E-state index in [-0.39, 0.29) is 18.2 Å². The third-order valence-electron chi connectivity index (χ3n) is 2.12. The molecule has 0 radical (unpaired) electrons. The number of nitrogens with zero attached hydrogens (tertiary/aromatic N) is 2. The number of hydrogen-bond acceptors (Lipinski definition) is 4. The Hall–Kier alpha value is -1.00. The first-order valence-corrected chi connectivity index (χ1v) is 5.78. The first-order chi connectivity index (χ1) is 7.36. The van der Waals surface area contributed by atoms with E-state index in [1.54, 1.807) is 6.34 Å². The fourth-order valence-electron chi connectivity index (χ4n) is 1.31. The molecule has 1 aliphatic heterocycles. The molecular formula is C11H13ClN2OS. The van der Waals surface area contributed by atoms with Crippen molar-refractivity contribution in [3.8, 4) is 0 Å². The summed E-state index contributed by atoms with van der Waals surface area (Å²) in [6.07, 6.45) is 1.79. The van der Waals surface area contributed by atoms with Gasteiger partial charge in [-0.1, -0.05) is 30.3 Å². The Bertz CT molecular complexity index is 370. The zero-order valence-electron chi connectivity index (χ0n) is 8.70. The highest BCUT2D eigenvalue weighted by molar-refractivity contribution is 7.98. The third kappa shape index (κ3) is 3.54. The summed E-state index contributed by atoms with van der Waals surface area (Å²) in [5, 5.41) is 0. The number of Topliss-reactive ketones (excluding diaryl/α,β-unsaturated/α-hetero) is 1. The molecule has 1 heterocycles. The van der Waals surface area contributed by atoms with Gasteiger partial charge >= 0.3 is 0 Å². The Morgan fingerprint density at radius 1 is 1.38 bits per heavy atom. The highest BCUT2D eigenvalue weighted by Gasteiger charge is 2.10. The maximum absolute atomic E-state index is 11.7. The van der Waals surface area contributed by atoms with Gasteiger partial charge in [0.2, 0.25) is 0 Å². The summed E-state index contributed by atoms with van der Waals surface area (Å²) >= 11 is 1.52. The summed E-state index contributed by atoms with van der Waals surface area (Å²) in [5.74, 6) is 0.650. The first kappa shape index (κ1) is 13.1. The molecule has 0 bridgehead atoms. The van der Waals surface area contributed by atoms with Gasteiger partial charge in [0.25, 0.3) is 0 Å². The van der Waals surface area contributed by atoms with Gasteiger partial charge in [0, 0.05) is 5.56 Å². The zero-order valence-corrected chi connectivity index (χ0v) is 10.3. The second-order valence-corrected chi connectivity index (χ2v) is 4.24. The number of halogens is 1. The molecule has 0 aromatic heterocycles. The number of rotatable bonds is 4. The smallest absolute Gasteiger partial charge is 0.174 e. The zero-order chi connectivity index (χ0) is 10.5. The topological polar surface area (TPSA) is 32.7 Å². The Balaban J connectivity index is 0.00000128. The molecule has 86 valence electrons. The van der Waals surface area contributed by atoms with Gasteiger partial charge in [-0.25, -0.2) is 0 Å². The second-order valence-electron chi connectivity index (χ2n) is 3.22. The lowest BCUT2D eigenvalue weighted by Crippen LogP contribution is -2.14. The standard InChI is InChI=1S/C11H12N2OS.ClH/c14-11(10-4-2-1-3-5-10)8-15-13-7-6-12-9-13;/h1-5,9H,6-8H2;1H. The van der Waals surface area contributed by atoms with Gasteiger partial charge in [-0.3, -0.25) is 9.79 Å². The van der Waals surface area contributed by atoms with Crippen molar-refractivity contribution >= 4 is 36.5 Å². The minimum Gasteiger partial charge on any atom is -0.305 e. The van der Waals surface area contributed by atoms with E-state index in [1.165, 1.54) is 11.9 Å². The van der Waals surface area contributed by atoms with E-state index >= 15 is 0 Å². The predicted octanol–water partition coefficient (Wildman–Crippen LogP) is 2.28. The lowest BCUT2D eigenvalue weighted by atomic mass is 10.2. The van der Waals surface area contributed by atoms with Crippen LogP contribution in [0, 0.1) is 0 Å². The van der Waals surface area contributed by atoms with Crippen LogP contribution in [-0.4, -0.2) is 35.3 Å². The molecule has 1 aromatic carbocycles. The SMILES string of the molecule is Cl.O=C(CSN1C=NCC1)c1ccccc1. The summed E-state index contributed by atoms with van der Waals surface area (Å²) in [7, 11) is 0. The second kappa shape index (κ2) is 6.55. The third-order valence-corrected chi connectivity index (χ3v) is 3.12. The number of aliphatic imine (C=N–C) groups is 1. The summed E-state index contributed by atoms with van der Waals surface area (Å²) in [6.45, 7) is 1.75. The highest BCUT2D eigenvalue weighted by atomic mass is 35.5. The van der Waals surface area contributed by atoms with E-state index in [0.29, 0.717) is 5.75 Å². The number of hydrogen-bond donors (Lipinski definition) is 0. The van der Waals surface area contributed by atoms with Crippen molar-refractivity contribution in [2.24, 2.45) is 4.99 Å². The molecule has 0 N–H and O–H groups in total. The summed E-state index contributed by atoms with van der Waals surface area (Å²) in [5.41, 5.74) is 0.779. The molecule has 1 aliphatic rings. The van der Waals surface area contributed by atoms with E-state index in [2.05, 4.69) is 4.99 Å². The fraction of sp³-hybridized carbons (Fsp3) is 0.273. The molecule has 0 unspecified atom stereocenters. The number of carbonyl (C=O) groups is 1. The minimum atomic E-state index is 0. The van der Waals surface area contributed by atoms with Gasteiger partial charge < -0.3 is 4.31 Å². The number of ketones is 1. The quantitative estimate of drug-likeness (QED) is 0.612. The van der Waals surface area contributed by atoms with Crippen molar-refractivity contribution in [3.63, 3.8) is 0 Å². The van der Waals surface area contributed by atoms with Crippen molar-refractivity contribution in [3.05, 3.63) is 35.9 Å². The van der Waals surface area contributed by atoms with Gasteiger partial charge in [-0.15, -0.1) is 12.4 Å². The lowest BCUT2D eigenvalue weighted by molar-refractivity contribution is 0.102. The molecule has 16 heavy (non-hydrogen) atoms. The summed E-state index contributed by atoms with van der Waals surface area (Å²) < 4.78 is 2.00. The number of benzene rings is 1. The maximum Gasteiger partial charge on any atom is 0.174 e. The largest absolute Gasteiger partial charge is 0.305 e. The highest BCUT2D eigenvalue weighted by Crippen LogP contribution is 2.13. The van der Waals surface area contributed by atoms with E-state index in [4.69, 9.17) is 0 Å². The van der Waals surface area contributed by atoms with Crippen LogP contribution in [0.2, 0.25) is 0 Å². The van der Waals surface area contributed by atoms with Crippen LogP contribution in [-0.2, 0) is 0 Å². The molecule has 0 spiro atoms. The molecule has 0 fully saturated rings. The van der Waals surface area contributed by atoms with Gasteiger partial charge in [-0.05, 0) is 11.9 Å². The van der Waals surface area contributed by atoms with Gasteiger partial charge in [0.1, 0.15) is 0 Å². The normalized spacial score (nSPS) is 13.6. The molecule has 5 heteroatoms. The Labute approximate surface area is 105 Å². The molecule has 0 atom stereocenters. The Morgan fingerprint density at radius 2 is 2.12 bits per heavy atom. The van der Waals surface area contributed by atoms with Crippen LogP contribution >= 0.6 is 24.4 Å². The van der Waals surface area contributed by atoms with Crippen LogP contribution in [0.3, 0.4) is 0 Å². The minimum absolute atomic E-state index is 0. The fourth-order valence-corrected chi connectivity index (χ4v) is 2.10. The van der Waals surface area contributed by atoms with Crippen molar-refractivity contribution < 1.29 is 4.79 Å². The van der Waals surface area contributed by atoms with Crippen molar-refractivity contribution in [2.75, 3.05) is 18.8 Å². The Kier molecular flexibility index (Phi) is 5.35. The summed E-state index contributed by atoms with van der Waals surface area (Å²) in [6, 6.07) is 9.38. The van der Waals surface area contributed by atoms with Crippen LogP contribution in [0.15, 0.2) is 35.3 Å². The van der Waals surface area contributed by atoms with Gasteiger partial charge in [0.15, 0.2) is 5.78 Å². The van der Waals surface area contributed by atoms with E-state index < -0.39 is 0 Å². The van der Waals surface area contributed by atoms with Crippen molar-refractivity contribution in [1.29, 1.82) is 0 Å². The Morgan fingerprint density at radius 3 is 2.75 bits per heavy atom. The predicted molar refractivity (Wildman–Crippen MR) is 70.5 cm³/mol. The molecule has 2 rings (SSSR count). The average Bonchev–Trinajstić information content (AvgIpc) is 2.80. The molecule has 0 aliphatic carbocycles. The van der Waals surface area contributed by atoms with Crippen LogP contribution in [0.5, 0.6) is 0 Å². The monoisotopic (exact) mass is 256 g/mol. The van der Waals surface area contributed by atoms with Crippen molar-refractivity contribution in [2.45, 2.75) is 0 Å². The van der Waals surface area contributed by atoms with E-state index in [9.17, 15) is 4.79 Å². The molecule has 3 nitrogen and oxygen atoms in total. The molecule has 0 saturated heterocycles. The first-order valence-electron chi connectivity index (χ1n) is 4.84. The molecule has 1 aromatic rings. The van der Waals surface area contributed by atoms with Crippen LogP contribution in [0.25, 0.3) is 0 Å². The van der Waals surface area contributed by atoms with Gasteiger partial charge in [-0.2, -0.15) is 0 Å². The molecule has 0 amide bonds. The van der Waals surface area contributed by atoms with Crippen molar-refractivity contribution in [1.82, 2.24) is 4.31 Å². The number of carbonyl (C=O) groups excluding carboxylic acids is 1. The van der Waals surface area contributed by atoms with Gasteiger partial charge in [0.05, 0.1) is 25.2 Å². The average molecular weight is 257 g/mol. The maximum atomic E-state index is 11.7. The molecular weight excluding hydrogens is 244 g/mol. The lowest BCUT2D eigenvalue weighted by Gasteiger charge is -2.10. The van der Waals surface area contributed by atoms with Crippen LogP contribution in [0.4, 0.5) is 0 Å². The molecule has 0 saturated carbocycles. The van der Waals surface area contributed by atoms with E-state index in [0.717, 1.165) is 18.7 Å². The summed E-state index contributed by atoms with van der Waals surface area (Å²) in [4.78, 5) is 15.8. The van der Waals surface area contributed by atoms with Crippen LogP contribution < -0.4 is 0 Å². The van der Waals surface area contributed by atoms with E-state index in [1.807, 2.05) is 34.6 Å².